The van der Waals surface area contributed by atoms with Crippen LogP contribution < -0.4 is 10.0 Å². The van der Waals surface area contributed by atoms with Crippen LogP contribution in [-0.2, 0) is 22.9 Å². The van der Waals surface area contributed by atoms with E-state index < -0.39 is 16.1 Å². The lowest BCUT2D eigenvalue weighted by atomic mass is 10.1. The number of rotatable bonds is 7. The summed E-state index contributed by atoms with van der Waals surface area (Å²) in [6.45, 7) is 4.15. The number of urea groups is 1. The molecular formula is C26H25N5O3S. The van der Waals surface area contributed by atoms with Gasteiger partial charge in [-0.1, -0.05) is 42.8 Å². The van der Waals surface area contributed by atoms with Crippen molar-refractivity contribution in [3.63, 3.8) is 0 Å². The maximum absolute atomic E-state index is 12.3. The first-order chi connectivity index (χ1) is 16.8. The molecule has 0 unspecified atom stereocenters. The maximum atomic E-state index is 12.3. The number of sulfonamides is 1. The third-order valence-corrected chi connectivity index (χ3v) is 6.99. The lowest BCUT2D eigenvalue weighted by Crippen LogP contribution is -2.40. The summed E-state index contributed by atoms with van der Waals surface area (Å²) in [6.07, 6.45) is 1.24. The van der Waals surface area contributed by atoms with Gasteiger partial charge in [0.25, 0.3) is 10.0 Å². The molecule has 0 saturated carbocycles. The molecule has 0 spiro atoms. The van der Waals surface area contributed by atoms with Crippen LogP contribution in [0.4, 0.5) is 4.79 Å². The number of nitrogens with zero attached hydrogens (tertiary/aromatic N) is 3. The molecule has 2 N–H and O–H groups in total. The van der Waals surface area contributed by atoms with E-state index >= 15 is 0 Å². The predicted octanol–water partition coefficient (Wildman–Crippen LogP) is 4.00. The van der Waals surface area contributed by atoms with Gasteiger partial charge in [-0.3, -0.25) is 4.57 Å². The van der Waals surface area contributed by atoms with Crippen molar-refractivity contribution in [1.29, 1.82) is 5.26 Å². The molecule has 0 atom stereocenters. The van der Waals surface area contributed by atoms with E-state index in [1.807, 2.05) is 59.5 Å². The summed E-state index contributed by atoms with van der Waals surface area (Å²) in [6, 6.07) is 21.1. The van der Waals surface area contributed by atoms with Crippen molar-refractivity contribution in [3.8, 4) is 11.8 Å². The van der Waals surface area contributed by atoms with Gasteiger partial charge in [0.2, 0.25) is 0 Å². The lowest BCUT2D eigenvalue weighted by Gasteiger charge is -2.11. The van der Waals surface area contributed by atoms with Gasteiger partial charge in [-0.2, -0.15) is 5.26 Å². The van der Waals surface area contributed by atoms with Gasteiger partial charge >= 0.3 is 6.03 Å². The van der Waals surface area contributed by atoms with E-state index in [2.05, 4.69) is 16.4 Å². The Morgan fingerprint density at radius 2 is 1.77 bits per heavy atom. The highest BCUT2D eigenvalue weighted by Crippen LogP contribution is 2.24. The summed E-state index contributed by atoms with van der Waals surface area (Å²) >= 11 is 0. The first-order valence-electron chi connectivity index (χ1n) is 11.2. The number of para-hydroxylation sites is 1. The van der Waals surface area contributed by atoms with Gasteiger partial charge in [0.15, 0.2) is 0 Å². The minimum Gasteiger partial charge on any atom is -0.337 e. The Morgan fingerprint density at radius 1 is 1.06 bits per heavy atom. The van der Waals surface area contributed by atoms with Crippen LogP contribution >= 0.6 is 0 Å². The van der Waals surface area contributed by atoms with Gasteiger partial charge in [0.05, 0.1) is 16.0 Å². The second kappa shape index (κ2) is 9.99. The van der Waals surface area contributed by atoms with Crippen molar-refractivity contribution in [2.75, 3.05) is 6.54 Å². The van der Waals surface area contributed by atoms with E-state index in [0.29, 0.717) is 23.9 Å². The van der Waals surface area contributed by atoms with Gasteiger partial charge < -0.3 is 5.32 Å². The second-order valence-electron chi connectivity index (χ2n) is 8.09. The first kappa shape index (κ1) is 24.0. The summed E-state index contributed by atoms with van der Waals surface area (Å²) in [7, 11) is -3.92. The summed E-state index contributed by atoms with van der Waals surface area (Å²) < 4.78 is 28.7. The number of nitrogens with one attached hydrogen (secondary N) is 2. The minimum absolute atomic E-state index is 0.0363. The van der Waals surface area contributed by atoms with Crippen molar-refractivity contribution in [3.05, 3.63) is 89.2 Å². The van der Waals surface area contributed by atoms with Crippen LogP contribution in [0.3, 0.4) is 0 Å². The zero-order valence-corrected chi connectivity index (χ0v) is 20.3. The van der Waals surface area contributed by atoms with Gasteiger partial charge in [-0.15, -0.1) is 0 Å². The van der Waals surface area contributed by atoms with Crippen molar-refractivity contribution < 1.29 is 13.2 Å². The quantitative estimate of drug-likeness (QED) is 0.409. The highest BCUT2D eigenvalue weighted by atomic mass is 32.2. The standard InChI is InChI=1S/C26H25N5O3S/c1-3-24-29-25-20(17-27)5-4-6-23(25)31(24)21-11-9-19(10-12-21)15-16-28-26(32)30-35(33,34)22-13-7-18(2)8-14-22/h4-14H,3,15-16H2,1-2H3,(H2,28,30,32). The monoisotopic (exact) mass is 487 g/mol. The summed E-state index contributed by atoms with van der Waals surface area (Å²) in [5, 5.41) is 12.0. The number of imidazole rings is 1. The molecule has 0 bridgehead atoms. The molecule has 0 radical (unpaired) electrons. The topological polar surface area (TPSA) is 117 Å². The van der Waals surface area contributed by atoms with E-state index in [1.54, 1.807) is 18.2 Å². The van der Waals surface area contributed by atoms with Crippen molar-refractivity contribution >= 4 is 27.1 Å². The summed E-state index contributed by atoms with van der Waals surface area (Å²) in [4.78, 5) is 16.8. The van der Waals surface area contributed by atoms with Crippen molar-refractivity contribution in [2.24, 2.45) is 0 Å². The largest absolute Gasteiger partial charge is 0.337 e. The number of hydrogen-bond acceptors (Lipinski definition) is 5. The molecule has 1 aromatic heterocycles. The van der Waals surface area contributed by atoms with E-state index in [1.165, 1.54) is 12.1 Å². The van der Waals surface area contributed by atoms with Gasteiger partial charge in [-0.05, 0) is 55.3 Å². The molecular weight excluding hydrogens is 462 g/mol. The zero-order valence-electron chi connectivity index (χ0n) is 19.4. The molecule has 1 heterocycles. The molecule has 8 nitrogen and oxygen atoms in total. The average molecular weight is 488 g/mol. The normalized spacial score (nSPS) is 11.2. The Kier molecular flexibility index (Phi) is 6.85. The Labute approximate surface area is 204 Å². The Morgan fingerprint density at radius 3 is 2.43 bits per heavy atom. The van der Waals surface area contributed by atoms with Crippen LogP contribution in [-0.4, -0.2) is 30.5 Å². The predicted molar refractivity (Wildman–Crippen MR) is 134 cm³/mol. The Hall–Kier alpha value is -4.16. The highest BCUT2D eigenvalue weighted by Gasteiger charge is 2.17. The van der Waals surface area contributed by atoms with Crippen LogP contribution in [0.1, 0.15) is 29.4 Å². The fourth-order valence-corrected chi connectivity index (χ4v) is 4.76. The zero-order chi connectivity index (χ0) is 25.0. The average Bonchev–Trinajstić information content (AvgIpc) is 3.23. The lowest BCUT2D eigenvalue weighted by molar-refractivity contribution is 0.246. The van der Waals surface area contributed by atoms with E-state index in [0.717, 1.165) is 28.2 Å². The Bertz CT molecular complexity index is 1520. The molecule has 9 heteroatoms. The molecule has 0 saturated heterocycles. The molecule has 0 fully saturated rings. The number of carbonyl (C=O) groups excluding carboxylic acids is 1. The van der Waals surface area contributed by atoms with Crippen LogP contribution in [0.2, 0.25) is 0 Å². The fourth-order valence-electron chi connectivity index (χ4n) is 3.83. The van der Waals surface area contributed by atoms with E-state index in [9.17, 15) is 18.5 Å². The van der Waals surface area contributed by atoms with Gasteiger partial charge in [-0.25, -0.2) is 22.9 Å². The number of carbonyl (C=O) groups is 1. The molecule has 3 aromatic carbocycles. The number of benzene rings is 3. The number of aromatic nitrogens is 2. The third kappa shape index (κ3) is 5.18. The third-order valence-electron chi connectivity index (χ3n) is 5.64. The van der Waals surface area contributed by atoms with E-state index in [4.69, 9.17) is 0 Å². The summed E-state index contributed by atoms with van der Waals surface area (Å²) in [5.41, 5.74) is 4.95. The van der Waals surface area contributed by atoms with Gasteiger partial charge in [0, 0.05) is 18.7 Å². The van der Waals surface area contributed by atoms with Crippen LogP contribution in [0.15, 0.2) is 71.6 Å². The number of amides is 2. The first-order valence-corrected chi connectivity index (χ1v) is 12.7. The molecule has 4 aromatic rings. The van der Waals surface area contributed by atoms with Crippen LogP contribution in [0.5, 0.6) is 0 Å². The number of nitriles is 1. The molecule has 35 heavy (non-hydrogen) atoms. The smallest absolute Gasteiger partial charge is 0.328 e. The van der Waals surface area contributed by atoms with E-state index in [-0.39, 0.29) is 11.4 Å². The molecule has 0 aliphatic heterocycles. The number of hydrogen-bond donors (Lipinski definition) is 2. The molecule has 178 valence electrons. The maximum Gasteiger partial charge on any atom is 0.328 e. The molecule has 0 aliphatic rings. The SMILES string of the molecule is CCc1nc2c(C#N)cccc2n1-c1ccc(CCNC(=O)NS(=O)(=O)c2ccc(C)cc2)cc1. The van der Waals surface area contributed by atoms with Crippen LogP contribution in [0.25, 0.3) is 16.7 Å². The number of fused-ring (bicyclic) bond motifs is 1. The fraction of sp³-hybridized carbons (Fsp3) is 0.192. The molecule has 2 amide bonds. The van der Waals surface area contributed by atoms with Crippen molar-refractivity contribution in [1.82, 2.24) is 19.6 Å². The number of aryl methyl sites for hydroxylation is 2. The van der Waals surface area contributed by atoms with Crippen LogP contribution in [0, 0.1) is 18.3 Å². The molecule has 0 aliphatic carbocycles. The minimum atomic E-state index is -3.92. The summed E-state index contributed by atoms with van der Waals surface area (Å²) in [5.74, 6) is 0.864. The second-order valence-corrected chi connectivity index (χ2v) is 9.78. The molecule has 4 rings (SSSR count). The van der Waals surface area contributed by atoms with Crippen molar-refractivity contribution in [2.45, 2.75) is 31.6 Å². The van der Waals surface area contributed by atoms with Gasteiger partial charge in [0.1, 0.15) is 17.4 Å². The Balaban J connectivity index is 1.40. The highest BCUT2D eigenvalue weighted by molar-refractivity contribution is 7.90.